The first-order valence-electron chi connectivity index (χ1n) is 10.2. The maximum Gasteiger partial charge on any atom is 0.293 e. The smallest absolute Gasteiger partial charge is 0.293 e. The lowest BCUT2D eigenvalue weighted by molar-refractivity contribution is -0.129. The Morgan fingerprint density at radius 1 is 1.28 bits per heavy atom. The molecule has 1 aliphatic heterocycles. The number of anilines is 2. The first-order chi connectivity index (χ1) is 15.5. The van der Waals surface area contributed by atoms with E-state index in [0.717, 1.165) is 0 Å². The molecule has 1 unspecified atom stereocenters. The molecule has 32 heavy (non-hydrogen) atoms. The number of hydrogen-bond donors (Lipinski definition) is 1. The minimum atomic E-state index is -0.568. The lowest BCUT2D eigenvalue weighted by Crippen LogP contribution is -2.36. The maximum absolute atomic E-state index is 14.5. The molecule has 1 saturated heterocycles. The standard InChI is InChI=1S/C23H22ClFN2O5/c1-14(26-19-4-2-3-18(24)22(19)25)16-9-15(12-31-13-28)10-17-20(29)11-21(32-23(16)17)27-5-7-30-8-6-27/h2-4,9-11,13-14,26H,5-8,12H2,1H3. The Hall–Kier alpha value is -3.10. The molecule has 0 bridgehead atoms. The van der Waals surface area contributed by atoms with Crippen LogP contribution in [-0.2, 0) is 20.9 Å². The largest absolute Gasteiger partial charge is 0.463 e. The van der Waals surface area contributed by atoms with Gasteiger partial charge in [-0.15, -0.1) is 0 Å². The van der Waals surface area contributed by atoms with Crippen molar-refractivity contribution in [1.82, 2.24) is 0 Å². The number of nitrogens with zero attached hydrogens (tertiary/aromatic N) is 1. The summed E-state index contributed by atoms with van der Waals surface area (Å²) in [5, 5.41) is 3.45. The van der Waals surface area contributed by atoms with Crippen molar-refractivity contribution in [1.29, 1.82) is 0 Å². The average Bonchev–Trinajstić information content (AvgIpc) is 2.81. The molecular formula is C23H22ClFN2O5. The number of benzene rings is 2. The fraction of sp³-hybridized carbons (Fsp3) is 0.304. The van der Waals surface area contributed by atoms with Gasteiger partial charge in [-0.1, -0.05) is 17.7 Å². The normalized spacial score (nSPS) is 14.9. The molecule has 3 aromatic rings. The number of halogens is 2. The Kier molecular flexibility index (Phi) is 6.62. The zero-order valence-corrected chi connectivity index (χ0v) is 18.2. The van der Waals surface area contributed by atoms with E-state index in [0.29, 0.717) is 60.8 Å². The molecule has 9 heteroatoms. The SMILES string of the molecule is CC(Nc1cccc(Cl)c1F)c1cc(COC=O)cc2c(=O)cc(N3CCOCC3)oc12. The fourth-order valence-corrected chi connectivity index (χ4v) is 3.91. The van der Waals surface area contributed by atoms with Crippen LogP contribution in [0.25, 0.3) is 11.0 Å². The van der Waals surface area contributed by atoms with E-state index in [9.17, 15) is 14.0 Å². The van der Waals surface area contributed by atoms with E-state index in [-0.39, 0.29) is 22.7 Å². The van der Waals surface area contributed by atoms with Gasteiger partial charge in [-0.3, -0.25) is 9.59 Å². The van der Waals surface area contributed by atoms with Gasteiger partial charge in [0.15, 0.2) is 17.1 Å². The molecule has 1 aromatic heterocycles. The fourth-order valence-electron chi connectivity index (χ4n) is 3.74. The first kappa shape index (κ1) is 22.1. The van der Waals surface area contributed by atoms with E-state index in [1.54, 1.807) is 24.3 Å². The van der Waals surface area contributed by atoms with Crippen molar-refractivity contribution in [2.45, 2.75) is 19.6 Å². The van der Waals surface area contributed by atoms with Gasteiger partial charge in [-0.2, -0.15) is 0 Å². The van der Waals surface area contributed by atoms with Gasteiger partial charge in [0.25, 0.3) is 6.47 Å². The highest BCUT2D eigenvalue weighted by Crippen LogP contribution is 2.32. The van der Waals surface area contributed by atoms with E-state index in [1.165, 1.54) is 12.1 Å². The number of fused-ring (bicyclic) bond motifs is 1. The molecule has 1 atom stereocenters. The summed E-state index contributed by atoms with van der Waals surface area (Å²) in [5.41, 5.74) is 1.63. The summed E-state index contributed by atoms with van der Waals surface area (Å²) in [6, 6.07) is 9.11. The number of carbonyl (C=O) groups is 1. The minimum Gasteiger partial charge on any atom is -0.463 e. The predicted octanol–water partition coefficient (Wildman–Crippen LogP) is 4.27. The van der Waals surface area contributed by atoms with Crippen molar-refractivity contribution in [3.63, 3.8) is 0 Å². The summed E-state index contributed by atoms with van der Waals surface area (Å²) >= 11 is 5.91. The number of morpholine rings is 1. The van der Waals surface area contributed by atoms with Crippen LogP contribution in [0.15, 0.2) is 45.6 Å². The van der Waals surface area contributed by atoms with Crippen LogP contribution in [0.1, 0.15) is 24.1 Å². The van der Waals surface area contributed by atoms with E-state index in [4.69, 9.17) is 25.5 Å². The molecule has 168 valence electrons. The minimum absolute atomic E-state index is 0.00123. The topological polar surface area (TPSA) is 81.0 Å². The van der Waals surface area contributed by atoms with Crippen LogP contribution >= 0.6 is 11.6 Å². The molecule has 2 heterocycles. The second kappa shape index (κ2) is 9.58. The average molecular weight is 461 g/mol. The van der Waals surface area contributed by atoms with Gasteiger partial charge in [-0.25, -0.2) is 4.39 Å². The van der Waals surface area contributed by atoms with Gasteiger partial charge in [0.1, 0.15) is 12.2 Å². The molecule has 7 nitrogen and oxygen atoms in total. The van der Waals surface area contributed by atoms with Gasteiger partial charge in [0, 0.05) is 24.7 Å². The van der Waals surface area contributed by atoms with E-state index in [1.807, 2.05) is 11.8 Å². The molecule has 2 aromatic carbocycles. The molecule has 0 saturated carbocycles. The zero-order chi connectivity index (χ0) is 22.7. The Balaban J connectivity index is 1.81. The molecule has 1 N–H and O–H groups in total. The molecule has 0 spiro atoms. The van der Waals surface area contributed by atoms with Gasteiger partial charge in [-0.05, 0) is 36.8 Å². The summed E-state index contributed by atoms with van der Waals surface area (Å²) in [6.45, 7) is 4.46. The van der Waals surface area contributed by atoms with Crippen molar-refractivity contribution < 1.29 is 23.1 Å². The molecular weight excluding hydrogens is 439 g/mol. The number of ether oxygens (including phenoxy) is 2. The third-order valence-corrected chi connectivity index (χ3v) is 5.63. The highest BCUT2D eigenvalue weighted by molar-refractivity contribution is 6.31. The third-order valence-electron chi connectivity index (χ3n) is 5.34. The van der Waals surface area contributed by atoms with Gasteiger partial charge in [0.05, 0.1) is 35.4 Å². The van der Waals surface area contributed by atoms with E-state index >= 15 is 0 Å². The van der Waals surface area contributed by atoms with Crippen LogP contribution in [0.2, 0.25) is 5.02 Å². The van der Waals surface area contributed by atoms with Gasteiger partial charge in [0.2, 0.25) is 0 Å². The summed E-state index contributed by atoms with van der Waals surface area (Å²) < 4.78 is 30.9. The zero-order valence-electron chi connectivity index (χ0n) is 17.4. The Labute approximate surface area is 188 Å². The van der Waals surface area contributed by atoms with Crippen LogP contribution in [0, 0.1) is 5.82 Å². The van der Waals surface area contributed by atoms with Crippen molar-refractivity contribution in [3.05, 3.63) is 68.6 Å². The molecule has 0 radical (unpaired) electrons. The molecule has 4 rings (SSSR count). The van der Waals surface area contributed by atoms with Crippen LogP contribution in [-0.4, -0.2) is 32.8 Å². The van der Waals surface area contributed by atoms with Crippen molar-refractivity contribution >= 4 is 40.6 Å². The maximum atomic E-state index is 14.5. The van der Waals surface area contributed by atoms with E-state index in [2.05, 4.69) is 5.32 Å². The van der Waals surface area contributed by atoms with Gasteiger partial charge < -0.3 is 24.1 Å². The van der Waals surface area contributed by atoms with Crippen LogP contribution < -0.4 is 15.6 Å². The van der Waals surface area contributed by atoms with Crippen molar-refractivity contribution in [2.75, 3.05) is 36.5 Å². The number of rotatable bonds is 7. The van der Waals surface area contributed by atoms with Crippen LogP contribution in [0.4, 0.5) is 16.0 Å². The third kappa shape index (κ3) is 4.56. The van der Waals surface area contributed by atoms with Gasteiger partial charge >= 0.3 is 0 Å². The number of hydrogen-bond acceptors (Lipinski definition) is 7. The molecule has 1 fully saturated rings. The molecule has 0 amide bonds. The number of nitrogens with one attached hydrogen (secondary N) is 1. The highest BCUT2D eigenvalue weighted by Gasteiger charge is 2.21. The number of carbonyl (C=O) groups excluding carboxylic acids is 1. The predicted molar refractivity (Wildman–Crippen MR) is 120 cm³/mol. The highest BCUT2D eigenvalue weighted by atomic mass is 35.5. The van der Waals surface area contributed by atoms with Crippen molar-refractivity contribution in [2.24, 2.45) is 0 Å². The van der Waals surface area contributed by atoms with Crippen LogP contribution in [0.5, 0.6) is 0 Å². The summed E-state index contributed by atoms with van der Waals surface area (Å²) in [7, 11) is 0. The quantitative estimate of drug-likeness (QED) is 0.527. The Bertz CT molecular complexity index is 1190. The van der Waals surface area contributed by atoms with Crippen LogP contribution in [0.3, 0.4) is 0 Å². The molecule has 0 aliphatic carbocycles. The lowest BCUT2D eigenvalue weighted by atomic mass is 10.0. The second-order valence-corrected chi connectivity index (χ2v) is 7.89. The monoisotopic (exact) mass is 460 g/mol. The first-order valence-corrected chi connectivity index (χ1v) is 10.5. The van der Waals surface area contributed by atoms with E-state index < -0.39 is 11.9 Å². The lowest BCUT2D eigenvalue weighted by Gasteiger charge is -2.27. The second-order valence-electron chi connectivity index (χ2n) is 7.48. The summed E-state index contributed by atoms with van der Waals surface area (Å²) in [5.74, 6) is -0.119. The Morgan fingerprint density at radius 3 is 2.81 bits per heavy atom. The van der Waals surface area contributed by atoms with Crippen molar-refractivity contribution in [3.8, 4) is 0 Å². The molecule has 1 aliphatic rings. The summed E-state index contributed by atoms with van der Waals surface area (Å²) in [6.07, 6.45) is 0. The summed E-state index contributed by atoms with van der Waals surface area (Å²) in [4.78, 5) is 25.6. The Morgan fingerprint density at radius 2 is 2.06 bits per heavy atom.